The van der Waals surface area contributed by atoms with Gasteiger partial charge in [0.1, 0.15) is 5.65 Å². The molecule has 0 aliphatic rings. The highest BCUT2D eigenvalue weighted by Gasteiger charge is 2.22. The predicted molar refractivity (Wildman–Crippen MR) is 207 cm³/mol. The van der Waals surface area contributed by atoms with Crippen LogP contribution in [0.4, 0.5) is 0 Å². The zero-order valence-corrected chi connectivity index (χ0v) is 27.7. The van der Waals surface area contributed by atoms with Crippen molar-refractivity contribution in [3.63, 3.8) is 0 Å². The van der Waals surface area contributed by atoms with Gasteiger partial charge in [0.2, 0.25) is 0 Å². The number of pyridine rings is 1. The summed E-state index contributed by atoms with van der Waals surface area (Å²) >= 11 is 0. The Bertz CT molecular complexity index is 3030. The second kappa shape index (κ2) is 11.9. The Kier molecular flexibility index (Phi) is 6.73. The van der Waals surface area contributed by atoms with Gasteiger partial charge in [0.15, 0.2) is 17.5 Å². The summed E-state index contributed by atoms with van der Waals surface area (Å²) in [6.07, 6.45) is 1.85. The molecule has 10 aromatic rings. The summed E-state index contributed by atoms with van der Waals surface area (Å²) in [5.41, 5.74) is 9.08. The summed E-state index contributed by atoms with van der Waals surface area (Å²) in [4.78, 5) is 19.8. The van der Waals surface area contributed by atoms with Crippen molar-refractivity contribution < 1.29 is 0 Å². The maximum Gasteiger partial charge on any atom is 0.165 e. The van der Waals surface area contributed by atoms with E-state index in [9.17, 15) is 5.26 Å². The Morgan fingerprint density at radius 3 is 2.00 bits per heavy atom. The monoisotopic (exact) mass is 665 g/mol. The highest BCUT2D eigenvalue weighted by atomic mass is 15.1. The van der Waals surface area contributed by atoms with Gasteiger partial charge in [-0.1, -0.05) is 97.1 Å². The van der Waals surface area contributed by atoms with Crippen LogP contribution in [-0.2, 0) is 0 Å². The molecule has 0 unspecified atom stereocenters. The molecule has 7 heteroatoms. The van der Waals surface area contributed by atoms with Crippen LogP contribution in [0.3, 0.4) is 0 Å². The lowest BCUT2D eigenvalue weighted by Gasteiger charge is -2.12. The van der Waals surface area contributed by atoms with Crippen LogP contribution in [0.1, 0.15) is 5.56 Å². The molecule has 0 aliphatic heterocycles. The van der Waals surface area contributed by atoms with Crippen molar-refractivity contribution in [2.75, 3.05) is 0 Å². The number of nitrogens with zero attached hydrogens (tertiary/aromatic N) is 7. The molecule has 242 valence electrons. The summed E-state index contributed by atoms with van der Waals surface area (Å²) in [6.45, 7) is 0. The maximum absolute atomic E-state index is 9.94. The van der Waals surface area contributed by atoms with Gasteiger partial charge in [0.05, 0.1) is 28.2 Å². The van der Waals surface area contributed by atoms with Crippen LogP contribution < -0.4 is 0 Å². The van der Waals surface area contributed by atoms with Crippen LogP contribution in [-0.4, -0.2) is 29.1 Å². The highest BCUT2D eigenvalue weighted by molar-refractivity contribution is 6.25. The molecule has 7 nitrogen and oxygen atoms in total. The van der Waals surface area contributed by atoms with Gasteiger partial charge in [-0.05, 0) is 60.7 Å². The Hall–Kier alpha value is -7.43. The minimum Gasteiger partial charge on any atom is -0.309 e. The molecule has 10 rings (SSSR count). The minimum absolute atomic E-state index is 0.445. The third kappa shape index (κ3) is 4.59. The van der Waals surface area contributed by atoms with Gasteiger partial charge in [-0.25, -0.2) is 19.9 Å². The van der Waals surface area contributed by atoms with Crippen LogP contribution >= 0.6 is 0 Å². The average Bonchev–Trinajstić information content (AvgIpc) is 3.74. The molecule has 0 saturated heterocycles. The first-order valence-electron chi connectivity index (χ1n) is 17.1. The SMILES string of the molecule is N#Cc1ccccc1-c1nc(-c2ccccc2)nc(-c2cccc(-n3c4ncccc4c4ccc5c(c6ccccc6n5-c5ccccc5)c43)c2)n1. The average molecular weight is 666 g/mol. The first-order chi connectivity index (χ1) is 25.8. The number of fused-ring (bicyclic) bond motifs is 7. The number of nitriles is 1. The van der Waals surface area contributed by atoms with E-state index < -0.39 is 0 Å². The Balaban J connectivity index is 1.25. The Labute approximate surface area is 298 Å². The van der Waals surface area contributed by atoms with E-state index in [0.29, 0.717) is 28.6 Å². The number of benzene rings is 6. The largest absolute Gasteiger partial charge is 0.309 e. The van der Waals surface area contributed by atoms with E-state index in [0.717, 1.165) is 66.2 Å². The van der Waals surface area contributed by atoms with E-state index in [2.05, 4.69) is 94.1 Å². The number of para-hydroxylation sites is 2. The first-order valence-corrected chi connectivity index (χ1v) is 17.1. The fourth-order valence-corrected chi connectivity index (χ4v) is 7.39. The normalized spacial score (nSPS) is 11.4. The fourth-order valence-electron chi connectivity index (χ4n) is 7.39. The highest BCUT2D eigenvalue weighted by Crippen LogP contribution is 2.41. The van der Waals surface area contributed by atoms with E-state index in [4.69, 9.17) is 19.9 Å². The van der Waals surface area contributed by atoms with Crippen molar-refractivity contribution in [2.24, 2.45) is 0 Å². The third-order valence-corrected chi connectivity index (χ3v) is 9.66. The Morgan fingerprint density at radius 2 is 1.15 bits per heavy atom. The molecule has 0 atom stereocenters. The molecule has 52 heavy (non-hydrogen) atoms. The zero-order chi connectivity index (χ0) is 34.6. The van der Waals surface area contributed by atoms with E-state index in [-0.39, 0.29) is 0 Å². The van der Waals surface area contributed by atoms with E-state index >= 15 is 0 Å². The van der Waals surface area contributed by atoms with Crippen molar-refractivity contribution in [1.82, 2.24) is 29.1 Å². The molecular weight excluding hydrogens is 639 g/mol. The van der Waals surface area contributed by atoms with Gasteiger partial charge in [0, 0.05) is 55.8 Å². The van der Waals surface area contributed by atoms with Gasteiger partial charge >= 0.3 is 0 Å². The second-order valence-electron chi connectivity index (χ2n) is 12.6. The lowest BCUT2D eigenvalue weighted by molar-refractivity contribution is 1.07. The molecule has 4 heterocycles. The van der Waals surface area contributed by atoms with Crippen LogP contribution in [0.2, 0.25) is 0 Å². The van der Waals surface area contributed by atoms with Crippen molar-refractivity contribution in [3.8, 4) is 51.6 Å². The van der Waals surface area contributed by atoms with Crippen molar-refractivity contribution >= 4 is 43.7 Å². The van der Waals surface area contributed by atoms with Crippen molar-refractivity contribution in [3.05, 3.63) is 169 Å². The molecule has 0 fully saturated rings. The molecule has 0 aliphatic carbocycles. The number of hydrogen-bond acceptors (Lipinski definition) is 5. The second-order valence-corrected chi connectivity index (χ2v) is 12.6. The van der Waals surface area contributed by atoms with E-state index in [1.807, 2.05) is 79.0 Å². The van der Waals surface area contributed by atoms with Crippen LogP contribution in [0.25, 0.3) is 89.3 Å². The lowest BCUT2D eigenvalue weighted by Crippen LogP contribution is -2.02. The molecule has 4 aromatic heterocycles. The summed E-state index contributed by atoms with van der Waals surface area (Å²) in [6, 6.07) is 55.5. The van der Waals surface area contributed by atoms with Gasteiger partial charge in [-0.15, -0.1) is 0 Å². The first kappa shape index (κ1) is 29.5. The van der Waals surface area contributed by atoms with Crippen molar-refractivity contribution in [1.29, 1.82) is 5.26 Å². The van der Waals surface area contributed by atoms with Gasteiger partial charge in [-0.2, -0.15) is 5.26 Å². The van der Waals surface area contributed by atoms with Crippen LogP contribution in [0.5, 0.6) is 0 Å². The smallest absolute Gasteiger partial charge is 0.165 e. The molecule has 0 bridgehead atoms. The minimum atomic E-state index is 0.445. The maximum atomic E-state index is 9.94. The summed E-state index contributed by atoms with van der Waals surface area (Å²) in [5.74, 6) is 1.49. The van der Waals surface area contributed by atoms with Gasteiger partial charge in [-0.3, -0.25) is 4.57 Å². The number of rotatable bonds is 5. The summed E-state index contributed by atoms with van der Waals surface area (Å²) in [7, 11) is 0. The molecule has 0 spiro atoms. The van der Waals surface area contributed by atoms with Crippen LogP contribution in [0, 0.1) is 11.3 Å². The number of aromatic nitrogens is 6. The van der Waals surface area contributed by atoms with Crippen molar-refractivity contribution in [2.45, 2.75) is 0 Å². The molecule has 0 saturated carbocycles. The lowest BCUT2D eigenvalue weighted by atomic mass is 10.1. The van der Waals surface area contributed by atoms with Gasteiger partial charge in [0.25, 0.3) is 0 Å². The predicted octanol–water partition coefficient (Wildman–Crippen LogP) is 10.3. The quantitative estimate of drug-likeness (QED) is 0.183. The standard InChI is InChI=1S/C45H27N7/c46-28-31-15-7-8-20-34(31)44-49-42(29-13-3-1-4-14-29)48-43(50-44)30-16-11-19-33(27-30)52-41-35(36-22-12-26-47-45(36)52)24-25-39-40(41)37-21-9-10-23-38(37)51(39)32-17-5-2-6-18-32/h1-27H. The van der Waals surface area contributed by atoms with E-state index in [1.165, 1.54) is 0 Å². The molecular formula is C45H27N7. The molecule has 0 amide bonds. The Morgan fingerprint density at radius 1 is 0.481 bits per heavy atom. The molecule has 0 N–H and O–H groups in total. The summed E-state index contributed by atoms with van der Waals surface area (Å²) < 4.78 is 4.61. The van der Waals surface area contributed by atoms with Gasteiger partial charge < -0.3 is 4.57 Å². The van der Waals surface area contributed by atoms with Crippen LogP contribution in [0.15, 0.2) is 164 Å². The fraction of sp³-hybridized carbons (Fsp3) is 0. The molecule has 6 aromatic carbocycles. The zero-order valence-electron chi connectivity index (χ0n) is 27.7. The number of hydrogen-bond donors (Lipinski definition) is 0. The topological polar surface area (TPSA) is 85.2 Å². The third-order valence-electron chi connectivity index (χ3n) is 9.66. The summed E-state index contributed by atoms with van der Waals surface area (Å²) in [5, 5.41) is 14.5. The van der Waals surface area contributed by atoms with E-state index in [1.54, 1.807) is 6.07 Å². The molecule has 0 radical (unpaired) electrons.